The molecule has 2 nitrogen and oxygen atoms in total. The van der Waals surface area contributed by atoms with Gasteiger partial charge in [0, 0.05) is 22.7 Å². The standard InChI is InChI=1S/C19H24N2S/c1-2-3-14-21-15-8-12-18(21)17-11-7-13-20-19(17)22-16-9-5-4-6-10-16/h4-7,9-11,13,18H,2-3,8,12,14-15H2,1H3/t18-/m1/s1. The van der Waals surface area contributed by atoms with Crippen molar-refractivity contribution in [2.24, 2.45) is 0 Å². The summed E-state index contributed by atoms with van der Waals surface area (Å²) in [6, 6.07) is 15.5. The summed E-state index contributed by atoms with van der Waals surface area (Å²) in [5.41, 5.74) is 1.41. The van der Waals surface area contributed by atoms with E-state index in [1.807, 2.05) is 6.20 Å². The maximum absolute atomic E-state index is 4.67. The first-order valence-corrected chi connectivity index (χ1v) is 9.12. The molecule has 2 heterocycles. The van der Waals surface area contributed by atoms with Gasteiger partial charge < -0.3 is 0 Å². The van der Waals surface area contributed by atoms with E-state index in [9.17, 15) is 0 Å². The van der Waals surface area contributed by atoms with Crippen molar-refractivity contribution in [2.75, 3.05) is 13.1 Å². The van der Waals surface area contributed by atoms with Crippen molar-refractivity contribution < 1.29 is 0 Å². The molecule has 0 radical (unpaired) electrons. The molecule has 1 aliphatic heterocycles. The van der Waals surface area contributed by atoms with Gasteiger partial charge in [0.05, 0.1) is 0 Å². The van der Waals surface area contributed by atoms with Crippen molar-refractivity contribution >= 4 is 11.8 Å². The molecular formula is C19H24N2S. The van der Waals surface area contributed by atoms with Crippen molar-refractivity contribution in [1.82, 2.24) is 9.88 Å². The second kappa shape index (κ2) is 7.80. The van der Waals surface area contributed by atoms with Gasteiger partial charge in [-0.3, -0.25) is 4.90 Å². The van der Waals surface area contributed by atoms with Crippen LogP contribution < -0.4 is 0 Å². The third kappa shape index (κ3) is 3.71. The third-order valence-corrected chi connectivity index (χ3v) is 5.32. The van der Waals surface area contributed by atoms with Crippen LogP contribution in [-0.2, 0) is 0 Å². The number of benzene rings is 1. The highest BCUT2D eigenvalue weighted by atomic mass is 32.2. The lowest BCUT2D eigenvalue weighted by Gasteiger charge is -2.25. The monoisotopic (exact) mass is 312 g/mol. The predicted molar refractivity (Wildman–Crippen MR) is 93.3 cm³/mol. The minimum Gasteiger partial charge on any atom is -0.296 e. The molecule has 0 amide bonds. The molecule has 3 rings (SSSR count). The average molecular weight is 312 g/mol. The van der Waals surface area contributed by atoms with E-state index in [4.69, 9.17) is 0 Å². The van der Waals surface area contributed by atoms with Crippen LogP contribution in [0.1, 0.15) is 44.2 Å². The van der Waals surface area contributed by atoms with Gasteiger partial charge in [0.1, 0.15) is 5.03 Å². The molecule has 0 aliphatic carbocycles. The van der Waals surface area contributed by atoms with Crippen LogP contribution in [0.4, 0.5) is 0 Å². The maximum Gasteiger partial charge on any atom is 0.105 e. The lowest BCUT2D eigenvalue weighted by atomic mass is 10.1. The molecule has 1 atom stereocenters. The van der Waals surface area contributed by atoms with Crippen LogP contribution in [0.3, 0.4) is 0 Å². The molecule has 0 N–H and O–H groups in total. The molecule has 1 fully saturated rings. The minimum atomic E-state index is 0.548. The van der Waals surface area contributed by atoms with E-state index in [0.29, 0.717) is 6.04 Å². The van der Waals surface area contributed by atoms with Crippen LogP contribution in [0, 0.1) is 0 Å². The highest BCUT2D eigenvalue weighted by Crippen LogP contribution is 2.38. The molecule has 0 bridgehead atoms. The van der Waals surface area contributed by atoms with E-state index < -0.39 is 0 Å². The Morgan fingerprint density at radius 2 is 2.05 bits per heavy atom. The van der Waals surface area contributed by atoms with Crippen LogP contribution in [0.5, 0.6) is 0 Å². The van der Waals surface area contributed by atoms with Crippen LogP contribution in [-0.4, -0.2) is 23.0 Å². The summed E-state index contributed by atoms with van der Waals surface area (Å²) < 4.78 is 0. The molecule has 22 heavy (non-hydrogen) atoms. The Kier molecular flexibility index (Phi) is 5.52. The van der Waals surface area contributed by atoms with Crippen molar-refractivity contribution in [1.29, 1.82) is 0 Å². The first-order chi connectivity index (χ1) is 10.9. The number of nitrogens with zero attached hydrogens (tertiary/aromatic N) is 2. The summed E-state index contributed by atoms with van der Waals surface area (Å²) in [5.74, 6) is 0. The Morgan fingerprint density at radius 3 is 2.86 bits per heavy atom. The van der Waals surface area contributed by atoms with Gasteiger partial charge in [-0.1, -0.05) is 49.4 Å². The molecule has 1 aliphatic rings. The van der Waals surface area contributed by atoms with Crippen LogP contribution in [0.15, 0.2) is 58.6 Å². The van der Waals surface area contributed by atoms with Crippen molar-refractivity contribution in [3.8, 4) is 0 Å². The van der Waals surface area contributed by atoms with Crippen molar-refractivity contribution in [3.63, 3.8) is 0 Å². The number of rotatable bonds is 6. The van der Waals surface area contributed by atoms with Gasteiger partial charge >= 0.3 is 0 Å². The lowest BCUT2D eigenvalue weighted by molar-refractivity contribution is 0.250. The summed E-state index contributed by atoms with van der Waals surface area (Å²) in [6.45, 7) is 4.71. The zero-order valence-corrected chi connectivity index (χ0v) is 14.1. The van der Waals surface area contributed by atoms with Gasteiger partial charge in [0.15, 0.2) is 0 Å². The Bertz CT molecular complexity index is 585. The molecule has 2 aromatic rings. The van der Waals surface area contributed by atoms with E-state index in [-0.39, 0.29) is 0 Å². The highest BCUT2D eigenvalue weighted by Gasteiger charge is 2.27. The summed E-state index contributed by atoms with van der Waals surface area (Å²) in [4.78, 5) is 8.58. The summed E-state index contributed by atoms with van der Waals surface area (Å²) in [5, 5.41) is 1.17. The van der Waals surface area contributed by atoms with Crippen LogP contribution >= 0.6 is 11.8 Å². The number of aromatic nitrogens is 1. The number of unbranched alkanes of at least 4 members (excludes halogenated alkanes) is 1. The van der Waals surface area contributed by atoms with E-state index in [1.54, 1.807) is 11.8 Å². The highest BCUT2D eigenvalue weighted by molar-refractivity contribution is 7.99. The van der Waals surface area contributed by atoms with Gasteiger partial charge in [-0.25, -0.2) is 4.98 Å². The first-order valence-electron chi connectivity index (χ1n) is 8.30. The molecule has 3 heteroatoms. The normalized spacial score (nSPS) is 18.7. The fraction of sp³-hybridized carbons (Fsp3) is 0.421. The number of hydrogen-bond acceptors (Lipinski definition) is 3. The third-order valence-electron chi connectivity index (χ3n) is 4.28. The molecule has 0 saturated carbocycles. The van der Waals surface area contributed by atoms with Crippen molar-refractivity contribution in [3.05, 3.63) is 54.2 Å². The van der Waals surface area contributed by atoms with E-state index >= 15 is 0 Å². The molecular weight excluding hydrogens is 288 g/mol. The fourth-order valence-corrected chi connectivity index (χ4v) is 4.10. The molecule has 1 aromatic carbocycles. The summed E-state index contributed by atoms with van der Waals surface area (Å²) >= 11 is 1.79. The Hall–Kier alpha value is -1.32. The molecule has 116 valence electrons. The zero-order chi connectivity index (χ0) is 15.2. The Labute approximate surface area is 138 Å². The van der Waals surface area contributed by atoms with Gasteiger partial charge in [0.25, 0.3) is 0 Å². The quantitative estimate of drug-likeness (QED) is 0.732. The maximum atomic E-state index is 4.67. The van der Waals surface area contributed by atoms with Gasteiger partial charge in [-0.2, -0.15) is 0 Å². The smallest absolute Gasteiger partial charge is 0.105 e. The Balaban J connectivity index is 1.81. The second-order valence-electron chi connectivity index (χ2n) is 5.86. The largest absolute Gasteiger partial charge is 0.296 e. The van der Waals surface area contributed by atoms with E-state index in [0.717, 1.165) is 0 Å². The second-order valence-corrected chi connectivity index (χ2v) is 6.92. The fourth-order valence-electron chi connectivity index (χ4n) is 3.15. The predicted octanol–water partition coefficient (Wildman–Crippen LogP) is 5.17. The average Bonchev–Trinajstić information content (AvgIpc) is 3.03. The molecule has 0 unspecified atom stereocenters. The zero-order valence-electron chi connectivity index (χ0n) is 13.2. The first kappa shape index (κ1) is 15.6. The number of pyridine rings is 1. The van der Waals surface area contributed by atoms with E-state index in [2.05, 4.69) is 59.3 Å². The van der Waals surface area contributed by atoms with Gasteiger partial charge in [-0.15, -0.1) is 0 Å². The lowest BCUT2D eigenvalue weighted by Crippen LogP contribution is -2.24. The summed E-state index contributed by atoms with van der Waals surface area (Å²) in [7, 11) is 0. The number of likely N-dealkylation sites (tertiary alicyclic amines) is 1. The van der Waals surface area contributed by atoms with Crippen molar-refractivity contribution in [2.45, 2.75) is 48.6 Å². The molecule has 0 spiro atoms. The van der Waals surface area contributed by atoms with Crippen LogP contribution in [0.2, 0.25) is 0 Å². The minimum absolute atomic E-state index is 0.548. The topological polar surface area (TPSA) is 16.1 Å². The van der Waals surface area contributed by atoms with Crippen LogP contribution in [0.25, 0.3) is 0 Å². The van der Waals surface area contributed by atoms with E-state index in [1.165, 1.54) is 54.3 Å². The van der Waals surface area contributed by atoms with Gasteiger partial charge in [0.2, 0.25) is 0 Å². The summed E-state index contributed by atoms with van der Waals surface area (Å²) in [6.07, 6.45) is 7.04. The molecule has 1 aromatic heterocycles. The Morgan fingerprint density at radius 1 is 1.18 bits per heavy atom. The SMILES string of the molecule is CCCCN1CCC[C@@H]1c1cccnc1Sc1ccccc1. The molecule has 1 saturated heterocycles. The number of hydrogen-bond donors (Lipinski definition) is 0. The van der Waals surface area contributed by atoms with Gasteiger partial charge in [-0.05, 0) is 50.6 Å².